The number of nitrogens with zero attached hydrogens (tertiary/aromatic N) is 1. The van der Waals surface area contributed by atoms with Crippen molar-refractivity contribution in [3.63, 3.8) is 0 Å². The van der Waals surface area contributed by atoms with Gasteiger partial charge in [-0.25, -0.2) is 0 Å². The van der Waals surface area contributed by atoms with E-state index in [0.717, 1.165) is 0 Å². The first-order chi connectivity index (χ1) is 13.3. The van der Waals surface area contributed by atoms with Gasteiger partial charge in [0.05, 0.1) is 6.54 Å². The topological polar surface area (TPSA) is 67.6 Å². The Bertz CT molecular complexity index is 782. The number of carbonyl (C=O) groups excluding carboxylic acids is 1. The van der Waals surface area contributed by atoms with Crippen LogP contribution in [0.4, 0.5) is 13.2 Å². The fraction of sp³-hybridized carbons (Fsp3) is 0.350. The Morgan fingerprint density at radius 1 is 1.11 bits per heavy atom. The van der Waals surface area contributed by atoms with Crippen LogP contribution < -0.4 is 15.8 Å². The second-order valence-corrected chi connectivity index (χ2v) is 6.84. The molecule has 5 nitrogen and oxygen atoms in total. The van der Waals surface area contributed by atoms with E-state index < -0.39 is 6.36 Å². The van der Waals surface area contributed by atoms with Crippen LogP contribution in [0.15, 0.2) is 54.6 Å². The molecule has 1 heterocycles. The fourth-order valence-corrected chi connectivity index (χ4v) is 3.36. The van der Waals surface area contributed by atoms with E-state index in [1.807, 2.05) is 35.2 Å². The van der Waals surface area contributed by atoms with Crippen molar-refractivity contribution in [1.29, 1.82) is 0 Å². The molecule has 2 atom stereocenters. The highest BCUT2D eigenvalue weighted by Crippen LogP contribution is 2.26. The van der Waals surface area contributed by atoms with Gasteiger partial charge in [0.1, 0.15) is 5.75 Å². The molecule has 0 spiro atoms. The van der Waals surface area contributed by atoms with Crippen molar-refractivity contribution in [2.24, 2.45) is 5.73 Å². The first-order valence-corrected chi connectivity index (χ1v) is 8.94. The quantitative estimate of drug-likeness (QED) is 0.792. The first-order valence-electron chi connectivity index (χ1n) is 8.94. The predicted octanol–water partition coefficient (Wildman–Crippen LogP) is 2.63. The molecule has 0 radical (unpaired) electrons. The number of ether oxygens (including phenoxy) is 1. The maximum Gasteiger partial charge on any atom is 0.573 e. The highest BCUT2D eigenvalue weighted by molar-refractivity contribution is 5.78. The van der Waals surface area contributed by atoms with Gasteiger partial charge in [-0.15, -0.1) is 13.2 Å². The minimum atomic E-state index is -4.72. The Labute approximate surface area is 161 Å². The number of hydrogen-bond donors (Lipinski definition) is 2. The number of likely N-dealkylation sites (tertiary alicyclic amines) is 1. The maximum absolute atomic E-state index is 12.2. The van der Waals surface area contributed by atoms with Gasteiger partial charge in [0, 0.05) is 31.6 Å². The zero-order valence-corrected chi connectivity index (χ0v) is 15.2. The lowest BCUT2D eigenvalue weighted by atomic mass is 9.95. The van der Waals surface area contributed by atoms with Gasteiger partial charge < -0.3 is 15.8 Å². The fourth-order valence-electron chi connectivity index (χ4n) is 3.36. The van der Waals surface area contributed by atoms with E-state index in [-0.39, 0.29) is 36.7 Å². The van der Waals surface area contributed by atoms with Gasteiger partial charge in [0.2, 0.25) is 5.91 Å². The van der Waals surface area contributed by atoms with E-state index in [1.54, 1.807) is 0 Å². The molecule has 0 unspecified atom stereocenters. The second-order valence-electron chi connectivity index (χ2n) is 6.84. The van der Waals surface area contributed by atoms with Gasteiger partial charge in [-0.05, 0) is 23.3 Å². The van der Waals surface area contributed by atoms with Crippen molar-refractivity contribution in [2.45, 2.75) is 24.9 Å². The Hall–Kier alpha value is -2.58. The predicted molar refractivity (Wildman–Crippen MR) is 98.6 cm³/mol. The third kappa shape index (κ3) is 5.71. The number of benzene rings is 2. The molecule has 8 heteroatoms. The van der Waals surface area contributed by atoms with E-state index in [9.17, 15) is 18.0 Å². The van der Waals surface area contributed by atoms with Crippen LogP contribution >= 0.6 is 0 Å². The number of rotatable bonds is 6. The highest BCUT2D eigenvalue weighted by atomic mass is 19.4. The van der Waals surface area contributed by atoms with Crippen LogP contribution in [0.5, 0.6) is 5.75 Å². The van der Waals surface area contributed by atoms with E-state index >= 15 is 0 Å². The number of carbonyl (C=O) groups is 1. The summed E-state index contributed by atoms with van der Waals surface area (Å²) in [5, 5.41) is 2.78. The Morgan fingerprint density at radius 3 is 2.43 bits per heavy atom. The number of amides is 1. The molecule has 3 N–H and O–H groups in total. The van der Waals surface area contributed by atoms with Gasteiger partial charge in [0.15, 0.2) is 0 Å². The number of nitrogens with two attached hydrogens (primary N) is 1. The van der Waals surface area contributed by atoms with Gasteiger partial charge in [-0.1, -0.05) is 42.5 Å². The van der Waals surface area contributed by atoms with Gasteiger partial charge in [-0.3, -0.25) is 9.69 Å². The third-order valence-corrected chi connectivity index (χ3v) is 4.68. The summed E-state index contributed by atoms with van der Waals surface area (Å²) in [5.41, 5.74) is 8.08. The number of alkyl halides is 3. The standard InChI is InChI=1S/C20H22F3N3O2/c21-20(22,23)28-16-8-6-14(7-9-16)10-25-19(27)13-26-11-17(18(24)12-26)15-4-2-1-3-5-15/h1-9,17-18H,10-13,24H2,(H,25,27)/t17-,18+/m0/s1. The van der Waals surface area contributed by atoms with E-state index in [1.165, 1.54) is 29.8 Å². The van der Waals surface area contributed by atoms with Crippen LogP contribution in [0, 0.1) is 0 Å². The monoisotopic (exact) mass is 393 g/mol. The van der Waals surface area contributed by atoms with E-state index in [0.29, 0.717) is 18.7 Å². The average molecular weight is 393 g/mol. The van der Waals surface area contributed by atoms with E-state index in [4.69, 9.17) is 5.73 Å². The molecule has 0 aromatic heterocycles. The van der Waals surface area contributed by atoms with Crippen molar-refractivity contribution in [3.8, 4) is 5.75 Å². The second kappa shape index (κ2) is 8.62. The summed E-state index contributed by atoms with van der Waals surface area (Å²) in [6.07, 6.45) is -4.72. The summed E-state index contributed by atoms with van der Waals surface area (Å²) in [6, 6.07) is 15.4. The van der Waals surface area contributed by atoms with Gasteiger partial charge >= 0.3 is 6.36 Å². The van der Waals surface area contributed by atoms with E-state index in [2.05, 4.69) is 10.1 Å². The molecule has 3 rings (SSSR count). The molecule has 2 aromatic carbocycles. The van der Waals surface area contributed by atoms with Crippen LogP contribution in [0.25, 0.3) is 0 Å². The van der Waals surface area contributed by atoms with Crippen LogP contribution in [-0.4, -0.2) is 42.8 Å². The number of hydrogen-bond acceptors (Lipinski definition) is 4. The summed E-state index contributed by atoms with van der Waals surface area (Å²) in [7, 11) is 0. The van der Waals surface area contributed by atoms with Crippen molar-refractivity contribution < 1.29 is 22.7 Å². The van der Waals surface area contributed by atoms with Crippen LogP contribution in [-0.2, 0) is 11.3 Å². The van der Waals surface area contributed by atoms with Crippen molar-refractivity contribution in [1.82, 2.24) is 10.2 Å². The van der Waals surface area contributed by atoms with Crippen LogP contribution in [0.2, 0.25) is 0 Å². The molecule has 2 aromatic rings. The zero-order valence-electron chi connectivity index (χ0n) is 15.2. The molecule has 1 saturated heterocycles. The van der Waals surface area contributed by atoms with Gasteiger partial charge in [-0.2, -0.15) is 0 Å². The summed E-state index contributed by atoms with van der Waals surface area (Å²) >= 11 is 0. The van der Waals surface area contributed by atoms with Crippen molar-refractivity contribution in [2.75, 3.05) is 19.6 Å². The number of nitrogens with one attached hydrogen (secondary N) is 1. The molecule has 1 aliphatic rings. The number of halogens is 3. The average Bonchev–Trinajstić information content (AvgIpc) is 3.01. The lowest BCUT2D eigenvalue weighted by Crippen LogP contribution is -2.37. The highest BCUT2D eigenvalue weighted by Gasteiger charge is 2.32. The Balaban J connectivity index is 1.46. The Kier molecular flexibility index (Phi) is 6.21. The molecule has 0 saturated carbocycles. The lowest BCUT2D eigenvalue weighted by Gasteiger charge is -2.16. The third-order valence-electron chi connectivity index (χ3n) is 4.68. The summed E-state index contributed by atoms with van der Waals surface area (Å²) in [4.78, 5) is 14.2. The van der Waals surface area contributed by atoms with Crippen LogP contribution in [0.1, 0.15) is 17.0 Å². The summed E-state index contributed by atoms with van der Waals surface area (Å²) in [6.45, 7) is 1.80. The molecule has 1 amide bonds. The van der Waals surface area contributed by atoms with Crippen molar-refractivity contribution >= 4 is 5.91 Å². The largest absolute Gasteiger partial charge is 0.573 e. The van der Waals surface area contributed by atoms with Crippen LogP contribution in [0.3, 0.4) is 0 Å². The molecule has 28 heavy (non-hydrogen) atoms. The maximum atomic E-state index is 12.2. The van der Waals surface area contributed by atoms with Gasteiger partial charge in [0.25, 0.3) is 0 Å². The molecule has 150 valence electrons. The van der Waals surface area contributed by atoms with Crippen molar-refractivity contribution in [3.05, 3.63) is 65.7 Å². The SMILES string of the molecule is N[C@@H]1CN(CC(=O)NCc2ccc(OC(F)(F)F)cc2)C[C@H]1c1ccccc1. The molecular formula is C20H22F3N3O2. The summed E-state index contributed by atoms with van der Waals surface area (Å²) in [5.74, 6) is -0.257. The first kappa shape index (κ1) is 20.2. The molecular weight excluding hydrogens is 371 g/mol. The smallest absolute Gasteiger partial charge is 0.406 e. The lowest BCUT2D eigenvalue weighted by molar-refractivity contribution is -0.274. The molecule has 1 fully saturated rings. The minimum Gasteiger partial charge on any atom is -0.406 e. The summed E-state index contributed by atoms with van der Waals surface area (Å²) < 4.78 is 40.3. The minimum absolute atomic E-state index is 0.0311. The normalized spacial score (nSPS) is 20.1. The molecule has 0 bridgehead atoms. The molecule has 0 aliphatic carbocycles. The Morgan fingerprint density at radius 2 is 1.79 bits per heavy atom. The zero-order chi connectivity index (χ0) is 20.1. The molecule has 1 aliphatic heterocycles.